The highest BCUT2D eigenvalue weighted by molar-refractivity contribution is 7.51. The maximum Gasteiger partial charge on any atom is 0.325 e. The number of rotatable bonds is 13. The summed E-state index contributed by atoms with van der Waals surface area (Å²) in [6.07, 6.45) is 12.4. The summed E-state index contributed by atoms with van der Waals surface area (Å²) in [5.41, 5.74) is 0.885. The van der Waals surface area contributed by atoms with Gasteiger partial charge in [0.05, 0.1) is 6.61 Å². The molecule has 0 saturated carbocycles. The lowest BCUT2D eigenvalue weighted by molar-refractivity contribution is 0.114. The minimum absolute atomic E-state index is 0.0861. The van der Waals surface area contributed by atoms with Gasteiger partial charge >= 0.3 is 7.60 Å². The van der Waals surface area contributed by atoms with Gasteiger partial charge in [0.25, 0.3) is 0 Å². The number of benzene rings is 1. The average Bonchev–Trinajstić information content (AvgIpc) is 2.66. The van der Waals surface area contributed by atoms with Crippen LogP contribution in [-0.2, 0) is 11.0 Å². The Balaban J connectivity index is 1.79. The molecule has 1 heterocycles. The summed E-state index contributed by atoms with van der Waals surface area (Å²) in [5.74, 6) is 3.19. The molecule has 2 atom stereocenters. The van der Waals surface area contributed by atoms with Crippen molar-refractivity contribution in [2.75, 3.05) is 12.8 Å². The molecule has 0 aromatic heterocycles. The molecule has 1 aromatic carbocycles. The van der Waals surface area contributed by atoms with E-state index in [0.717, 1.165) is 42.2 Å². The van der Waals surface area contributed by atoms with Gasteiger partial charge < -0.3 is 19.3 Å². The van der Waals surface area contributed by atoms with E-state index in [1.165, 1.54) is 19.3 Å². The summed E-state index contributed by atoms with van der Waals surface area (Å²) < 4.78 is 23.0. The molecule has 1 aromatic rings. The van der Waals surface area contributed by atoms with Crippen LogP contribution >= 0.6 is 7.60 Å². The zero-order valence-electron chi connectivity index (χ0n) is 19.7. The Morgan fingerprint density at radius 3 is 2.68 bits per heavy atom. The monoisotopic (exact) mass is 452 g/mol. The number of fused-ring (bicyclic) bond motifs is 1. The maximum absolute atomic E-state index is 10.9. The fraction of sp³-hybridized carbons (Fsp3) is 0.680. The van der Waals surface area contributed by atoms with Crippen molar-refractivity contribution in [1.82, 2.24) is 0 Å². The zero-order chi connectivity index (χ0) is 22.9. The molecule has 1 aliphatic rings. The third kappa shape index (κ3) is 10.2. The minimum Gasteiger partial charge on any atom is -0.494 e. The van der Waals surface area contributed by atoms with Gasteiger partial charge in [0, 0.05) is 6.16 Å². The van der Waals surface area contributed by atoms with Crippen LogP contribution in [0.2, 0.25) is 0 Å². The summed E-state index contributed by atoms with van der Waals surface area (Å²) in [4.78, 5) is 17.8. The van der Waals surface area contributed by atoms with E-state index in [0.29, 0.717) is 25.4 Å². The normalized spacial score (nSPS) is 20.0. The Labute approximate surface area is 188 Å². The van der Waals surface area contributed by atoms with Gasteiger partial charge in [0.2, 0.25) is 0 Å². The predicted molar refractivity (Wildman–Crippen MR) is 127 cm³/mol. The van der Waals surface area contributed by atoms with E-state index in [9.17, 15) is 4.57 Å². The van der Waals surface area contributed by atoms with Gasteiger partial charge in [-0.15, -0.1) is 0 Å². The Morgan fingerprint density at radius 1 is 1.19 bits per heavy atom. The minimum atomic E-state index is -3.91. The van der Waals surface area contributed by atoms with Crippen molar-refractivity contribution in [2.45, 2.75) is 84.7 Å². The molecule has 0 fully saturated rings. The molecule has 31 heavy (non-hydrogen) atoms. The molecular formula is C25H41O5P. The van der Waals surface area contributed by atoms with E-state index >= 15 is 0 Å². The Morgan fingerprint density at radius 2 is 1.97 bits per heavy atom. The Kier molecular flexibility index (Phi) is 10.1. The van der Waals surface area contributed by atoms with Crippen LogP contribution in [0, 0.1) is 11.8 Å². The molecule has 2 rings (SSSR count). The Hall–Kier alpha value is -1.29. The first kappa shape index (κ1) is 26.0. The van der Waals surface area contributed by atoms with Crippen molar-refractivity contribution in [3.63, 3.8) is 0 Å². The molecule has 0 amide bonds. The second-order valence-electron chi connectivity index (χ2n) is 9.70. The number of hydrogen-bond acceptors (Lipinski definition) is 3. The number of hydrogen-bond donors (Lipinski definition) is 2. The number of unbranched alkanes of at least 4 members (excludes halogenated alkanes) is 1. The molecule has 2 unspecified atom stereocenters. The van der Waals surface area contributed by atoms with Crippen LogP contribution in [0.5, 0.6) is 11.5 Å². The zero-order valence-corrected chi connectivity index (χ0v) is 20.6. The average molecular weight is 453 g/mol. The van der Waals surface area contributed by atoms with Crippen molar-refractivity contribution < 1.29 is 23.8 Å². The van der Waals surface area contributed by atoms with Crippen LogP contribution in [0.4, 0.5) is 0 Å². The fourth-order valence-corrected chi connectivity index (χ4v) is 4.53. The standard InChI is InChI=1S/C25H41O5P/c1-20(2)9-7-10-21(3)11-8-15-25(4)16-14-22-19-23(12-13-24(22)30-25)29-17-5-6-18-31(26,27)28/h8,12-13,15,19-21H,5-7,9-11,14,16-18H2,1-4H3,(H2,26,27,28). The van der Waals surface area contributed by atoms with E-state index in [2.05, 4.69) is 39.8 Å². The first-order valence-corrected chi connectivity index (χ1v) is 13.5. The molecule has 2 N–H and O–H groups in total. The van der Waals surface area contributed by atoms with E-state index in [1.54, 1.807) is 0 Å². The maximum atomic E-state index is 10.9. The molecule has 0 radical (unpaired) electrons. The largest absolute Gasteiger partial charge is 0.494 e. The summed E-state index contributed by atoms with van der Waals surface area (Å²) in [6, 6.07) is 5.91. The van der Waals surface area contributed by atoms with Crippen molar-refractivity contribution >= 4 is 7.60 Å². The highest BCUT2D eigenvalue weighted by Crippen LogP contribution is 2.37. The molecule has 176 valence electrons. The van der Waals surface area contributed by atoms with Crippen LogP contribution in [0.25, 0.3) is 0 Å². The lowest BCUT2D eigenvalue weighted by Crippen LogP contribution is -2.34. The van der Waals surface area contributed by atoms with Crippen LogP contribution in [0.3, 0.4) is 0 Å². The summed E-state index contributed by atoms with van der Waals surface area (Å²) >= 11 is 0. The van der Waals surface area contributed by atoms with Gasteiger partial charge in [-0.1, -0.05) is 46.1 Å². The summed E-state index contributed by atoms with van der Waals surface area (Å²) in [7, 11) is -3.91. The molecule has 0 spiro atoms. The van der Waals surface area contributed by atoms with Gasteiger partial charge in [0.1, 0.15) is 17.1 Å². The lowest BCUT2D eigenvalue weighted by Gasteiger charge is -2.33. The van der Waals surface area contributed by atoms with Crippen LogP contribution in [0.15, 0.2) is 30.4 Å². The van der Waals surface area contributed by atoms with Crippen LogP contribution in [0.1, 0.15) is 78.2 Å². The van der Waals surface area contributed by atoms with Gasteiger partial charge in [-0.3, -0.25) is 4.57 Å². The molecule has 0 aliphatic carbocycles. The van der Waals surface area contributed by atoms with Crippen molar-refractivity contribution in [2.24, 2.45) is 11.8 Å². The van der Waals surface area contributed by atoms with Gasteiger partial charge in [-0.25, -0.2) is 0 Å². The topological polar surface area (TPSA) is 76.0 Å². The number of aryl methyl sites for hydroxylation is 1. The summed E-state index contributed by atoms with van der Waals surface area (Å²) in [6.45, 7) is 9.51. The summed E-state index contributed by atoms with van der Waals surface area (Å²) in [5, 5.41) is 0. The van der Waals surface area contributed by atoms with Gasteiger partial charge in [0.15, 0.2) is 0 Å². The van der Waals surface area contributed by atoms with E-state index in [-0.39, 0.29) is 11.8 Å². The van der Waals surface area contributed by atoms with Crippen LogP contribution < -0.4 is 9.47 Å². The third-order valence-electron chi connectivity index (χ3n) is 5.87. The van der Waals surface area contributed by atoms with E-state index in [1.807, 2.05) is 18.2 Å². The van der Waals surface area contributed by atoms with Crippen molar-refractivity contribution in [1.29, 1.82) is 0 Å². The Bertz CT molecular complexity index is 754. The molecule has 5 nitrogen and oxygen atoms in total. The molecule has 0 bridgehead atoms. The number of allylic oxidation sites excluding steroid dienone is 1. The smallest absolute Gasteiger partial charge is 0.325 e. The number of ether oxygens (including phenoxy) is 2. The molecule has 0 saturated heterocycles. The SMILES string of the molecule is CC(C)CCCC(C)CC=CC1(C)CCc2cc(OCCCCP(=O)(O)O)ccc2O1. The van der Waals surface area contributed by atoms with Crippen molar-refractivity contribution in [3.8, 4) is 11.5 Å². The second-order valence-corrected chi connectivity index (χ2v) is 11.5. The molecule has 6 heteroatoms. The highest BCUT2D eigenvalue weighted by atomic mass is 31.2. The van der Waals surface area contributed by atoms with Gasteiger partial charge in [-0.05, 0) is 80.7 Å². The van der Waals surface area contributed by atoms with E-state index < -0.39 is 7.60 Å². The first-order valence-electron chi connectivity index (χ1n) is 11.7. The predicted octanol–water partition coefficient (Wildman–Crippen LogP) is 6.52. The van der Waals surface area contributed by atoms with Crippen molar-refractivity contribution in [3.05, 3.63) is 35.9 Å². The first-order chi connectivity index (χ1) is 14.6. The fourth-order valence-electron chi connectivity index (χ4n) is 3.89. The second kappa shape index (κ2) is 12.1. The molecular weight excluding hydrogens is 411 g/mol. The van der Waals surface area contributed by atoms with Gasteiger partial charge in [-0.2, -0.15) is 0 Å². The highest BCUT2D eigenvalue weighted by Gasteiger charge is 2.29. The van der Waals surface area contributed by atoms with Crippen LogP contribution in [-0.4, -0.2) is 28.2 Å². The van der Waals surface area contributed by atoms with E-state index in [4.69, 9.17) is 19.3 Å². The quantitative estimate of drug-likeness (QED) is 0.203. The lowest BCUT2D eigenvalue weighted by atomic mass is 9.91. The third-order valence-corrected chi connectivity index (χ3v) is 6.76. The molecule has 1 aliphatic heterocycles.